The number of nitrogens with one attached hydrogen (secondary N) is 1. The molecule has 0 spiro atoms. The molecule has 0 bridgehead atoms. The monoisotopic (exact) mass is 411 g/mol. The lowest BCUT2D eigenvalue weighted by Crippen LogP contribution is -2.20. The number of benzene rings is 3. The highest BCUT2D eigenvalue weighted by atomic mass is 35.5. The van der Waals surface area contributed by atoms with E-state index >= 15 is 0 Å². The fourth-order valence-electron chi connectivity index (χ4n) is 2.48. The molecule has 29 heavy (non-hydrogen) atoms. The average Bonchev–Trinajstić information content (AvgIpc) is 2.75. The molecular weight excluding hydrogens is 394 g/mol. The van der Waals surface area contributed by atoms with E-state index in [2.05, 4.69) is 5.32 Å². The van der Waals surface area contributed by atoms with Crippen LogP contribution in [0.5, 0.6) is 23.0 Å². The van der Waals surface area contributed by atoms with Crippen LogP contribution in [-0.4, -0.2) is 25.9 Å². The van der Waals surface area contributed by atoms with Gasteiger partial charge in [0.2, 0.25) is 0 Å². The molecular formula is C22H18ClNO5. The summed E-state index contributed by atoms with van der Waals surface area (Å²) in [5.41, 5.74) is 1.05. The zero-order valence-corrected chi connectivity index (χ0v) is 16.3. The molecule has 0 aromatic heterocycles. The molecule has 7 heteroatoms. The Labute approximate surface area is 173 Å². The Morgan fingerprint density at radius 2 is 1.76 bits per heavy atom. The van der Waals surface area contributed by atoms with Gasteiger partial charge in [0.1, 0.15) is 17.8 Å². The summed E-state index contributed by atoms with van der Waals surface area (Å²) in [4.78, 5) is 23.0. The van der Waals surface area contributed by atoms with E-state index < -0.39 is 0 Å². The van der Waals surface area contributed by atoms with Gasteiger partial charge in [-0.3, -0.25) is 9.59 Å². The molecule has 3 aromatic carbocycles. The molecule has 0 radical (unpaired) electrons. The van der Waals surface area contributed by atoms with Gasteiger partial charge in [0.05, 0.1) is 12.1 Å². The fraction of sp³-hybridized carbons (Fsp3) is 0.0909. The Kier molecular flexibility index (Phi) is 6.71. The molecule has 0 fully saturated rings. The molecule has 0 aliphatic heterocycles. The van der Waals surface area contributed by atoms with Crippen LogP contribution in [0.15, 0.2) is 66.7 Å². The van der Waals surface area contributed by atoms with E-state index in [1.54, 1.807) is 48.5 Å². The molecule has 0 aliphatic rings. The molecule has 148 valence electrons. The predicted octanol–water partition coefficient (Wildman–Crippen LogP) is 4.97. The molecule has 1 N–H and O–H groups in total. The van der Waals surface area contributed by atoms with Crippen LogP contribution in [0.4, 0.5) is 5.69 Å². The summed E-state index contributed by atoms with van der Waals surface area (Å²) >= 11 is 6.08. The summed E-state index contributed by atoms with van der Waals surface area (Å²) in [5.74, 6) is 1.55. The third-order valence-electron chi connectivity index (χ3n) is 3.89. The van der Waals surface area contributed by atoms with Crippen LogP contribution in [0.25, 0.3) is 0 Å². The lowest BCUT2D eigenvalue weighted by molar-refractivity contribution is -0.118. The van der Waals surface area contributed by atoms with Crippen LogP contribution in [0.2, 0.25) is 5.02 Å². The van der Waals surface area contributed by atoms with E-state index in [0.717, 1.165) is 0 Å². The van der Waals surface area contributed by atoms with Crippen molar-refractivity contribution in [3.63, 3.8) is 0 Å². The van der Waals surface area contributed by atoms with E-state index in [-0.39, 0.29) is 12.5 Å². The van der Waals surface area contributed by atoms with Gasteiger partial charge in [-0.2, -0.15) is 0 Å². The third-order valence-corrected chi connectivity index (χ3v) is 4.20. The number of carbonyl (C=O) groups is 2. The lowest BCUT2D eigenvalue weighted by Gasteiger charge is -2.12. The maximum Gasteiger partial charge on any atom is 0.262 e. The first-order valence-corrected chi connectivity index (χ1v) is 9.05. The predicted molar refractivity (Wildman–Crippen MR) is 110 cm³/mol. The van der Waals surface area contributed by atoms with Gasteiger partial charge in [0.25, 0.3) is 5.91 Å². The molecule has 0 atom stereocenters. The molecule has 0 saturated heterocycles. The maximum atomic E-state index is 12.1. The minimum absolute atomic E-state index is 0.214. The van der Waals surface area contributed by atoms with Crippen molar-refractivity contribution in [3.8, 4) is 23.0 Å². The summed E-state index contributed by atoms with van der Waals surface area (Å²) in [7, 11) is 1.46. The molecule has 3 aromatic rings. The Morgan fingerprint density at radius 3 is 2.45 bits per heavy atom. The van der Waals surface area contributed by atoms with Crippen molar-refractivity contribution in [2.75, 3.05) is 19.0 Å². The Hall–Kier alpha value is -3.51. The summed E-state index contributed by atoms with van der Waals surface area (Å²) in [6.45, 7) is -0.214. The highest BCUT2D eigenvalue weighted by Crippen LogP contribution is 2.30. The van der Waals surface area contributed by atoms with Gasteiger partial charge in [-0.05, 0) is 54.6 Å². The van der Waals surface area contributed by atoms with Gasteiger partial charge in [-0.25, -0.2) is 0 Å². The number of carbonyl (C=O) groups excluding carboxylic acids is 2. The Morgan fingerprint density at radius 1 is 1.00 bits per heavy atom. The zero-order valence-electron chi connectivity index (χ0n) is 15.6. The summed E-state index contributed by atoms with van der Waals surface area (Å²) < 4.78 is 16.4. The second-order valence-corrected chi connectivity index (χ2v) is 6.33. The number of para-hydroxylation sites is 1. The van der Waals surface area contributed by atoms with Crippen molar-refractivity contribution in [2.45, 2.75) is 0 Å². The van der Waals surface area contributed by atoms with Crippen molar-refractivity contribution in [3.05, 3.63) is 77.3 Å². The van der Waals surface area contributed by atoms with Gasteiger partial charge in [-0.15, -0.1) is 0 Å². The van der Waals surface area contributed by atoms with Gasteiger partial charge in [0.15, 0.2) is 18.1 Å². The number of ether oxygens (including phenoxy) is 3. The van der Waals surface area contributed by atoms with Crippen LogP contribution in [0, 0.1) is 0 Å². The molecule has 1 amide bonds. The number of hydrogen-bond donors (Lipinski definition) is 1. The van der Waals surface area contributed by atoms with Crippen LogP contribution in [0.3, 0.4) is 0 Å². The van der Waals surface area contributed by atoms with E-state index in [4.69, 9.17) is 25.8 Å². The number of methoxy groups -OCH3 is 1. The van der Waals surface area contributed by atoms with Gasteiger partial charge in [-0.1, -0.05) is 23.7 Å². The van der Waals surface area contributed by atoms with Gasteiger partial charge in [0, 0.05) is 11.3 Å². The standard InChI is InChI=1S/C22H18ClNO5/c1-27-21-12-15(13-25)6-11-20(21)28-14-22(26)24-16-7-9-17(10-8-16)29-19-5-3-2-4-18(19)23/h2-13H,14H2,1H3,(H,24,26). The maximum absolute atomic E-state index is 12.1. The van der Waals surface area contributed by atoms with Crippen molar-refractivity contribution < 1.29 is 23.8 Å². The SMILES string of the molecule is COc1cc(C=O)ccc1OCC(=O)Nc1ccc(Oc2ccccc2Cl)cc1. The third kappa shape index (κ3) is 5.49. The minimum Gasteiger partial charge on any atom is -0.493 e. The van der Waals surface area contributed by atoms with Crippen molar-refractivity contribution in [1.29, 1.82) is 0 Å². The van der Waals surface area contributed by atoms with Crippen LogP contribution >= 0.6 is 11.6 Å². The molecule has 0 unspecified atom stereocenters. The number of rotatable bonds is 8. The number of hydrogen-bond acceptors (Lipinski definition) is 5. The summed E-state index contributed by atoms with van der Waals surface area (Å²) in [6.07, 6.45) is 0.706. The molecule has 0 aliphatic carbocycles. The Balaban J connectivity index is 1.56. The van der Waals surface area contributed by atoms with Crippen molar-refractivity contribution >= 4 is 29.5 Å². The zero-order chi connectivity index (χ0) is 20.6. The van der Waals surface area contributed by atoms with Gasteiger partial charge >= 0.3 is 0 Å². The first-order chi connectivity index (χ1) is 14.1. The minimum atomic E-state index is -0.341. The van der Waals surface area contributed by atoms with Crippen LogP contribution < -0.4 is 19.5 Å². The van der Waals surface area contributed by atoms with Gasteiger partial charge < -0.3 is 19.5 Å². The summed E-state index contributed by atoms with van der Waals surface area (Å²) in [6, 6.07) is 18.7. The summed E-state index contributed by atoms with van der Waals surface area (Å²) in [5, 5.41) is 3.24. The van der Waals surface area contributed by atoms with Crippen molar-refractivity contribution in [1.82, 2.24) is 0 Å². The number of halogens is 1. The van der Waals surface area contributed by atoms with E-state index in [1.165, 1.54) is 13.2 Å². The number of amides is 1. The first-order valence-electron chi connectivity index (χ1n) is 8.67. The number of aldehydes is 1. The quantitative estimate of drug-likeness (QED) is 0.530. The largest absolute Gasteiger partial charge is 0.493 e. The van der Waals surface area contributed by atoms with E-state index in [0.29, 0.717) is 45.6 Å². The highest BCUT2D eigenvalue weighted by Gasteiger charge is 2.09. The molecule has 0 saturated carbocycles. The second-order valence-electron chi connectivity index (χ2n) is 5.92. The highest BCUT2D eigenvalue weighted by molar-refractivity contribution is 6.32. The smallest absolute Gasteiger partial charge is 0.262 e. The molecule has 6 nitrogen and oxygen atoms in total. The average molecular weight is 412 g/mol. The molecule has 3 rings (SSSR count). The second kappa shape index (κ2) is 9.61. The Bertz CT molecular complexity index is 1000. The number of anilines is 1. The van der Waals surface area contributed by atoms with Crippen molar-refractivity contribution in [2.24, 2.45) is 0 Å². The van der Waals surface area contributed by atoms with E-state index in [1.807, 2.05) is 12.1 Å². The van der Waals surface area contributed by atoms with Crippen LogP contribution in [-0.2, 0) is 4.79 Å². The molecule has 0 heterocycles. The first kappa shape index (κ1) is 20.2. The van der Waals surface area contributed by atoms with Crippen LogP contribution in [0.1, 0.15) is 10.4 Å². The normalized spacial score (nSPS) is 10.1. The fourth-order valence-corrected chi connectivity index (χ4v) is 2.65. The lowest BCUT2D eigenvalue weighted by atomic mass is 10.2. The van der Waals surface area contributed by atoms with E-state index in [9.17, 15) is 9.59 Å². The topological polar surface area (TPSA) is 73.9 Å².